The largest absolute Gasteiger partial charge is 0.466 e. The molecule has 1 aliphatic rings. The molecular formula is C24H27N3O3. The van der Waals surface area contributed by atoms with Gasteiger partial charge in [-0.05, 0) is 43.9 Å². The molecule has 2 heterocycles. The summed E-state index contributed by atoms with van der Waals surface area (Å²) < 4.78 is 5.10. The zero-order chi connectivity index (χ0) is 20.9. The first-order valence-electron chi connectivity index (χ1n) is 10.6. The average Bonchev–Trinajstić information content (AvgIpc) is 3.22. The number of carbonyl (C=O) groups is 2. The molecule has 2 aromatic carbocycles. The van der Waals surface area contributed by atoms with Crippen LogP contribution in [-0.2, 0) is 20.7 Å². The summed E-state index contributed by atoms with van der Waals surface area (Å²) in [6.45, 7) is 3.48. The monoisotopic (exact) mass is 405 g/mol. The quantitative estimate of drug-likeness (QED) is 0.630. The van der Waals surface area contributed by atoms with Crippen molar-refractivity contribution < 1.29 is 14.3 Å². The summed E-state index contributed by atoms with van der Waals surface area (Å²) in [5.74, 6) is 0.790. The number of aryl methyl sites for hydroxylation is 1. The van der Waals surface area contributed by atoms with Gasteiger partial charge in [0.1, 0.15) is 5.82 Å². The summed E-state index contributed by atoms with van der Waals surface area (Å²) in [5, 5.41) is 0. The number of benzene rings is 2. The first kappa shape index (κ1) is 20.1. The smallest absolute Gasteiger partial charge is 0.309 e. The third-order valence-corrected chi connectivity index (χ3v) is 5.69. The van der Waals surface area contributed by atoms with Crippen molar-refractivity contribution >= 4 is 22.9 Å². The zero-order valence-electron chi connectivity index (χ0n) is 17.3. The lowest BCUT2D eigenvalue weighted by Gasteiger charge is -2.31. The van der Waals surface area contributed by atoms with E-state index in [9.17, 15) is 9.59 Å². The van der Waals surface area contributed by atoms with E-state index in [1.165, 1.54) is 0 Å². The maximum atomic E-state index is 12.6. The van der Waals surface area contributed by atoms with Gasteiger partial charge >= 0.3 is 5.97 Å². The summed E-state index contributed by atoms with van der Waals surface area (Å²) in [6.07, 6.45) is 2.53. The minimum Gasteiger partial charge on any atom is -0.466 e. The summed E-state index contributed by atoms with van der Waals surface area (Å²) in [7, 11) is 0. The Kier molecular flexibility index (Phi) is 6.12. The lowest BCUT2D eigenvalue weighted by Crippen LogP contribution is -2.40. The normalized spacial score (nSPS) is 14.8. The molecule has 1 aromatic heterocycles. The maximum absolute atomic E-state index is 12.6. The van der Waals surface area contributed by atoms with Crippen molar-refractivity contribution in [2.24, 2.45) is 5.92 Å². The van der Waals surface area contributed by atoms with Gasteiger partial charge in [-0.1, -0.05) is 36.4 Å². The van der Waals surface area contributed by atoms with Crippen molar-refractivity contribution in [3.05, 3.63) is 54.1 Å². The van der Waals surface area contributed by atoms with E-state index in [1.54, 1.807) is 0 Å². The van der Waals surface area contributed by atoms with Crippen molar-refractivity contribution in [2.45, 2.75) is 32.6 Å². The van der Waals surface area contributed by atoms with Crippen molar-refractivity contribution in [3.8, 4) is 11.4 Å². The van der Waals surface area contributed by atoms with Gasteiger partial charge in [-0.15, -0.1) is 0 Å². The van der Waals surface area contributed by atoms with Crippen LogP contribution in [0.2, 0.25) is 0 Å². The van der Waals surface area contributed by atoms with Gasteiger partial charge in [0.15, 0.2) is 0 Å². The molecule has 1 amide bonds. The average molecular weight is 405 g/mol. The standard InChI is InChI=1S/C24H27N3O3/c1-2-30-24(29)19-12-14-27(15-13-19)22(28)11-9-17-8-10-20-21(16-17)26-23(25-20)18-6-4-3-5-7-18/h3-8,10,16,19H,2,9,11-15H2,1H3,(H,25,26). The molecule has 0 atom stereocenters. The number of hydrogen-bond donors (Lipinski definition) is 1. The van der Waals surface area contributed by atoms with E-state index in [0.29, 0.717) is 45.4 Å². The Hall–Kier alpha value is -3.15. The number of imidazole rings is 1. The molecular weight excluding hydrogens is 378 g/mol. The van der Waals surface area contributed by atoms with E-state index in [2.05, 4.69) is 16.0 Å². The number of piperidine rings is 1. The molecule has 0 radical (unpaired) electrons. The Morgan fingerprint density at radius 2 is 1.90 bits per heavy atom. The number of nitrogens with zero attached hydrogens (tertiary/aromatic N) is 2. The van der Waals surface area contributed by atoms with Gasteiger partial charge in [-0.25, -0.2) is 4.98 Å². The van der Waals surface area contributed by atoms with Crippen LogP contribution in [0, 0.1) is 5.92 Å². The number of H-pyrrole nitrogens is 1. The van der Waals surface area contributed by atoms with Crippen molar-refractivity contribution in [3.63, 3.8) is 0 Å². The molecule has 0 saturated carbocycles. The second-order valence-corrected chi connectivity index (χ2v) is 7.71. The number of hydrogen-bond acceptors (Lipinski definition) is 4. The summed E-state index contributed by atoms with van der Waals surface area (Å²) in [5.41, 5.74) is 4.07. The molecule has 6 heteroatoms. The van der Waals surface area contributed by atoms with Crippen LogP contribution in [0.5, 0.6) is 0 Å². The molecule has 1 aliphatic heterocycles. The van der Waals surface area contributed by atoms with Crippen LogP contribution < -0.4 is 0 Å². The Morgan fingerprint density at radius 1 is 1.13 bits per heavy atom. The van der Waals surface area contributed by atoms with E-state index in [0.717, 1.165) is 28.0 Å². The number of aromatic amines is 1. The van der Waals surface area contributed by atoms with Crippen LogP contribution in [-0.4, -0.2) is 46.4 Å². The molecule has 156 valence electrons. The number of likely N-dealkylation sites (tertiary alicyclic amines) is 1. The molecule has 1 N–H and O–H groups in total. The highest BCUT2D eigenvalue weighted by molar-refractivity contribution is 5.81. The number of amides is 1. The first-order chi connectivity index (χ1) is 14.6. The summed E-state index contributed by atoms with van der Waals surface area (Å²) >= 11 is 0. The fourth-order valence-corrected chi connectivity index (χ4v) is 3.98. The number of esters is 1. The van der Waals surface area contributed by atoms with Gasteiger partial charge < -0.3 is 14.6 Å². The SMILES string of the molecule is CCOC(=O)C1CCN(C(=O)CCc2ccc3nc(-c4ccccc4)[nH]c3c2)CC1. The maximum Gasteiger partial charge on any atom is 0.309 e. The minimum absolute atomic E-state index is 0.0735. The summed E-state index contributed by atoms with van der Waals surface area (Å²) in [6, 6.07) is 16.2. The Balaban J connectivity index is 1.33. The molecule has 6 nitrogen and oxygen atoms in total. The number of ether oxygens (including phenoxy) is 1. The second kappa shape index (κ2) is 9.11. The van der Waals surface area contributed by atoms with E-state index >= 15 is 0 Å². The van der Waals surface area contributed by atoms with Crippen molar-refractivity contribution in [2.75, 3.05) is 19.7 Å². The van der Waals surface area contributed by atoms with Gasteiger partial charge in [0.2, 0.25) is 5.91 Å². The van der Waals surface area contributed by atoms with E-state index in [-0.39, 0.29) is 17.8 Å². The highest BCUT2D eigenvalue weighted by Gasteiger charge is 2.27. The second-order valence-electron chi connectivity index (χ2n) is 7.71. The van der Waals surface area contributed by atoms with Gasteiger partial charge in [0, 0.05) is 25.1 Å². The van der Waals surface area contributed by atoms with E-state index in [1.807, 2.05) is 54.3 Å². The van der Waals surface area contributed by atoms with Crippen LogP contribution in [0.25, 0.3) is 22.4 Å². The van der Waals surface area contributed by atoms with Crippen LogP contribution in [0.4, 0.5) is 0 Å². The topological polar surface area (TPSA) is 75.3 Å². The fourth-order valence-electron chi connectivity index (χ4n) is 3.98. The number of nitrogens with one attached hydrogen (secondary N) is 1. The predicted molar refractivity (Wildman–Crippen MR) is 116 cm³/mol. The number of carbonyl (C=O) groups excluding carboxylic acids is 2. The Morgan fingerprint density at radius 3 is 2.63 bits per heavy atom. The van der Waals surface area contributed by atoms with Crippen LogP contribution in [0.15, 0.2) is 48.5 Å². The minimum atomic E-state index is -0.132. The highest BCUT2D eigenvalue weighted by atomic mass is 16.5. The lowest BCUT2D eigenvalue weighted by molar-refractivity contribution is -0.151. The van der Waals surface area contributed by atoms with Gasteiger partial charge in [-0.3, -0.25) is 9.59 Å². The molecule has 1 fully saturated rings. The number of fused-ring (bicyclic) bond motifs is 1. The third kappa shape index (κ3) is 4.53. The zero-order valence-corrected chi connectivity index (χ0v) is 17.3. The van der Waals surface area contributed by atoms with Crippen LogP contribution >= 0.6 is 0 Å². The molecule has 0 unspecified atom stereocenters. The molecule has 4 rings (SSSR count). The first-order valence-corrected chi connectivity index (χ1v) is 10.6. The van der Waals surface area contributed by atoms with Gasteiger partial charge in [-0.2, -0.15) is 0 Å². The van der Waals surface area contributed by atoms with Crippen LogP contribution in [0.3, 0.4) is 0 Å². The van der Waals surface area contributed by atoms with Crippen LogP contribution in [0.1, 0.15) is 31.7 Å². The number of rotatable bonds is 6. The fraction of sp³-hybridized carbons (Fsp3) is 0.375. The molecule has 0 bridgehead atoms. The molecule has 1 saturated heterocycles. The third-order valence-electron chi connectivity index (χ3n) is 5.69. The summed E-state index contributed by atoms with van der Waals surface area (Å²) in [4.78, 5) is 34.4. The molecule has 30 heavy (non-hydrogen) atoms. The molecule has 0 spiro atoms. The molecule has 0 aliphatic carbocycles. The van der Waals surface area contributed by atoms with Gasteiger partial charge in [0.05, 0.1) is 23.6 Å². The highest BCUT2D eigenvalue weighted by Crippen LogP contribution is 2.23. The predicted octanol–water partition coefficient (Wildman–Crippen LogP) is 3.96. The molecule has 3 aromatic rings. The van der Waals surface area contributed by atoms with E-state index in [4.69, 9.17) is 4.74 Å². The number of aromatic nitrogens is 2. The lowest BCUT2D eigenvalue weighted by atomic mass is 9.96. The van der Waals surface area contributed by atoms with Crippen molar-refractivity contribution in [1.29, 1.82) is 0 Å². The Labute approximate surface area is 176 Å². The van der Waals surface area contributed by atoms with E-state index < -0.39 is 0 Å². The van der Waals surface area contributed by atoms with Crippen molar-refractivity contribution in [1.82, 2.24) is 14.9 Å². The van der Waals surface area contributed by atoms with Gasteiger partial charge in [0.25, 0.3) is 0 Å². The Bertz CT molecular complexity index is 1020.